The van der Waals surface area contributed by atoms with E-state index in [9.17, 15) is 40.5 Å². The van der Waals surface area contributed by atoms with Crippen LogP contribution in [0.25, 0.3) is 0 Å². The minimum Gasteiger partial charge on any atom is -0.394 e. The maximum atomic E-state index is 13.1. The number of ether oxygens (including phenoxy) is 2. The predicted molar refractivity (Wildman–Crippen MR) is 289 cm³/mol. The molecular formula is C59H113NO10. The van der Waals surface area contributed by atoms with Crippen molar-refractivity contribution in [2.75, 3.05) is 13.2 Å². The molecule has 0 saturated carbocycles. The van der Waals surface area contributed by atoms with Gasteiger partial charge in [0.2, 0.25) is 5.91 Å². The monoisotopic (exact) mass is 996 g/mol. The Morgan fingerprint density at radius 3 is 1.27 bits per heavy atom. The molecule has 9 atom stereocenters. The Hall–Kier alpha value is -1.41. The Morgan fingerprint density at radius 1 is 0.500 bits per heavy atom. The molecule has 1 aliphatic heterocycles. The van der Waals surface area contributed by atoms with E-state index in [-0.39, 0.29) is 6.42 Å². The molecule has 70 heavy (non-hydrogen) atoms. The molecule has 1 amide bonds. The number of amides is 1. The minimum atomic E-state index is -1.66. The van der Waals surface area contributed by atoms with Gasteiger partial charge in [-0.05, 0) is 44.9 Å². The highest BCUT2D eigenvalue weighted by atomic mass is 16.7. The lowest BCUT2D eigenvalue weighted by molar-refractivity contribution is -0.303. The van der Waals surface area contributed by atoms with Gasteiger partial charge in [0.25, 0.3) is 0 Å². The van der Waals surface area contributed by atoms with Crippen LogP contribution < -0.4 is 5.32 Å². The molecule has 11 heteroatoms. The van der Waals surface area contributed by atoms with Gasteiger partial charge in [0.05, 0.1) is 25.4 Å². The van der Waals surface area contributed by atoms with Gasteiger partial charge in [-0.2, -0.15) is 0 Å². The highest BCUT2D eigenvalue weighted by Crippen LogP contribution is 2.23. The molecular weight excluding hydrogens is 883 g/mol. The molecule has 8 N–H and O–H groups in total. The highest BCUT2D eigenvalue weighted by molar-refractivity contribution is 5.80. The van der Waals surface area contributed by atoms with Crippen LogP contribution in [0.5, 0.6) is 0 Å². The molecule has 9 unspecified atom stereocenters. The van der Waals surface area contributed by atoms with Crippen LogP contribution in [-0.2, 0) is 14.3 Å². The van der Waals surface area contributed by atoms with Crippen molar-refractivity contribution in [2.24, 2.45) is 0 Å². The van der Waals surface area contributed by atoms with Crippen molar-refractivity contribution in [3.8, 4) is 0 Å². The third-order valence-corrected chi connectivity index (χ3v) is 14.5. The van der Waals surface area contributed by atoms with Crippen LogP contribution in [-0.4, -0.2) is 110 Å². The first kappa shape index (κ1) is 66.6. The molecule has 414 valence electrons. The summed E-state index contributed by atoms with van der Waals surface area (Å²) >= 11 is 0. The molecule has 1 rings (SSSR count). The van der Waals surface area contributed by atoms with Crippen molar-refractivity contribution in [2.45, 2.75) is 332 Å². The fourth-order valence-corrected chi connectivity index (χ4v) is 9.65. The van der Waals surface area contributed by atoms with Crippen LogP contribution in [0.4, 0.5) is 0 Å². The number of aliphatic hydroxyl groups is 7. The molecule has 1 fully saturated rings. The molecule has 1 aliphatic rings. The van der Waals surface area contributed by atoms with E-state index in [2.05, 4.69) is 43.5 Å². The predicted octanol–water partition coefficient (Wildman–Crippen LogP) is 12.5. The molecule has 0 spiro atoms. The Morgan fingerprint density at radius 2 is 0.871 bits per heavy atom. The smallest absolute Gasteiger partial charge is 0.249 e. The van der Waals surface area contributed by atoms with Crippen LogP contribution in [0, 0.1) is 0 Å². The third kappa shape index (κ3) is 36.5. The number of nitrogens with one attached hydrogen (secondary N) is 1. The van der Waals surface area contributed by atoms with Crippen LogP contribution >= 0.6 is 0 Å². The number of aliphatic hydroxyl groups excluding tert-OH is 7. The fourth-order valence-electron chi connectivity index (χ4n) is 9.65. The number of hydrogen-bond acceptors (Lipinski definition) is 10. The van der Waals surface area contributed by atoms with Crippen molar-refractivity contribution >= 4 is 5.91 Å². The summed E-state index contributed by atoms with van der Waals surface area (Å²) in [5.74, 6) is -0.696. The quantitative estimate of drug-likeness (QED) is 0.0215. The molecule has 0 bridgehead atoms. The highest BCUT2D eigenvalue weighted by Gasteiger charge is 2.44. The van der Waals surface area contributed by atoms with Gasteiger partial charge in [0.1, 0.15) is 36.6 Å². The van der Waals surface area contributed by atoms with Crippen LogP contribution in [0.3, 0.4) is 0 Å². The molecule has 11 nitrogen and oxygen atoms in total. The number of unbranched alkanes of at least 4 members (excludes halogenated alkanes) is 35. The van der Waals surface area contributed by atoms with E-state index in [0.29, 0.717) is 19.3 Å². The SMILES string of the molecule is CCCCCCCCCCCCC/C=C\C/C=C\CCCCCCCCCCCCCCCCCCC(O)C(=O)NC(COC1OC(CO)C(O)C(O)C1O)C(O)C(O)CCCCCCCCCCC. The second-order valence-corrected chi connectivity index (χ2v) is 21.1. The summed E-state index contributed by atoms with van der Waals surface area (Å²) in [6.07, 6.45) is 47.1. The van der Waals surface area contributed by atoms with Crippen LogP contribution in [0.15, 0.2) is 24.3 Å². The first-order valence-corrected chi connectivity index (χ1v) is 29.7. The zero-order valence-corrected chi connectivity index (χ0v) is 45.3. The van der Waals surface area contributed by atoms with Crippen LogP contribution in [0.2, 0.25) is 0 Å². The Kier molecular flexibility index (Phi) is 46.2. The number of carbonyl (C=O) groups excluding carboxylic acids is 1. The molecule has 1 saturated heterocycles. The maximum Gasteiger partial charge on any atom is 0.249 e. The van der Waals surface area contributed by atoms with E-state index in [1.165, 1.54) is 193 Å². The normalized spacial score (nSPS) is 20.4. The second kappa shape index (κ2) is 48.5. The van der Waals surface area contributed by atoms with Crippen LogP contribution in [0.1, 0.15) is 277 Å². The second-order valence-electron chi connectivity index (χ2n) is 21.1. The van der Waals surface area contributed by atoms with E-state index < -0.39 is 74.2 Å². The standard InChI is InChI=1S/C59H113NO10/c1-3-5-7-9-11-13-14-15-16-17-18-19-20-21-22-23-24-25-26-27-28-29-30-31-32-33-34-35-36-37-39-41-43-45-47-52(63)58(68)60-50(49-69-59-57(67)56(66)55(65)53(48-61)70-59)54(64)51(62)46-44-42-40-38-12-10-8-6-4-2/h20-21,23-24,50-57,59,61-67H,3-19,22,25-49H2,1-2H3,(H,60,68)/b21-20-,24-23-. The lowest BCUT2D eigenvalue weighted by Crippen LogP contribution is -2.60. The number of hydrogen-bond donors (Lipinski definition) is 8. The summed E-state index contributed by atoms with van der Waals surface area (Å²) in [6, 6.07) is -1.16. The van der Waals surface area contributed by atoms with E-state index in [1.807, 2.05) is 0 Å². The summed E-state index contributed by atoms with van der Waals surface area (Å²) in [5, 5.41) is 75.8. The van der Waals surface area contributed by atoms with Gasteiger partial charge in [0, 0.05) is 0 Å². The average molecular weight is 997 g/mol. The number of rotatable bonds is 51. The van der Waals surface area contributed by atoms with Gasteiger partial charge in [-0.15, -0.1) is 0 Å². The van der Waals surface area contributed by atoms with Crippen molar-refractivity contribution in [3.05, 3.63) is 24.3 Å². The molecule has 0 radical (unpaired) electrons. The van der Waals surface area contributed by atoms with E-state index in [4.69, 9.17) is 9.47 Å². The number of allylic oxidation sites excluding steroid dienone is 4. The van der Waals surface area contributed by atoms with E-state index >= 15 is 0 Å². The lowest BCUT2D eigenvalue weighted by Gasteiger charge is -2.40. The zero-order chi connectivity index (χ0) is 51.1. The summed E-state index contributed by atoms with van der Waals surface area (Å²) < 4.78 is 11.1. The summed E-state index contributed by atoms with van der Waals surface area (Å²) in [4.78, 5) is 13.1. The Labute approximate surface area is 429 Å². The van der Waals surface area contributed by atoms with Crippen molar-refractivity contribution in [1.29, 1.82) is 0 Å². The Balaban J connectivity index is 2.13. The van der Waals surface area contributed by atoms with Gasteiger partial charge in [-0.1, -0.05) is 256 Å². The number of carbonyl (C=O) groups is 1. The molecule has 0 aromatic heterocycles. The fraction of sp³-hybridized carbons (Fsp3) is 0.915. The van der Waals surface area contributed by atoms with Gasteiger partial charge in [-0.3, -0.25) is 4.79 Å². The van der Waals surface area contributed by atoms with Crippen molar-refractivity contribution < 1.29 is 50.0 Å². The first-order chi connectivity index (χ1) is 34.2. The van der Waals surface area contributed by atoms with Gasteiger partial charge in [0.15, 0.2) is 6.29 Å². The van der Waals surface area contributed by atoms with Crippen molar-refractivity contribution in [1.82, 2.24) is 5.32 Å². The largest absolute Gasteiger partial charge is 0.394 e. The molecule has 1 heterocycles. The lowest BCUT2D eigenvalue weighted by atomic mass is 9.98. The molecule has 0 aromatic carbocycles. The van der Waals surface area contributed by atoms with E-state index in [1.54, 1.807) is 0 Å². The summed E-state index contributed by atoms with van der Waals surface area (Å²) in [5.41, 5.74) is 0. The topological polar surface area (TPSA) is 189 Å². The van der Waals surface area contributed by atoms with Crippen molar-refractivity contribution in [3.63, 3.8) is 0 Å². The van der Waals surface area contributed by atoms with Gasteiger partial charge in [-0.25, -0.2) is 0 Å². The first-order valence-electron chi connectivity index (χ1n) is 29.7. The van der Waals surface area contributed by atoms with Gasteiger partial charge < -0.3 is 50.5 Å². The average Bonchev–Trinajstić information content (AvgIpc) is 3.36. The minimum absolute atomic E-state index is 0.262. The Bertz CT molecular complexity index is 1190. The molecule has 0 aliphatic carbocycles. The third-order valence-electron chi connectivity index (χ3n) is 14.5. The van der Waals surface area contributed by atoms with Gasteiger partial charge >= 0.3 is 0 Å². The summed E-state index contributed by atoms with van der Waals surface area (Å²) in [7, 11) is 0. The summed E-state index contributed by atoms with van der Waals surface area (Å²) in [6.45, 7) is 3.43. The molecule has 0 aromatic rings. The van der Waals surface area contributed by atoms with E-state index in [0.717, 1.165) is 44.9 Å². The maximum absolute atomic E-state index is 13.1. The zero-order valence-electron chi connectivity index (χ0n) is 45.3.